The van der Waals surface area contributed by atoms with Gasteiger partial charge in [-0.05, 0) is 25.8 Å². The van der Waals surface area contributed by atoms with Gasteiger partial charge in [-0.3, -0.25) is 9.59 Å². The smallest absolute Gasteiger partial charge is 0.255 e. The maximum Gasteiger partial charge on any atom is 0.255 e. The van der Waals surface area contributed by atoms with E-state index in [4.69, 9.17) is 5.84 Å². The lowest BCUT2D eigenvalue weighted by Crippen LogP contribution is -2.45. The largest absolute Gasteiger partial charge is 0.352 e. The molecule has 2 rings (SSSR count). The van der Waals surface area contributed by atoms with Crippen molar-refractivity contribution in [3.63, 3.8) is 0 Å². The van der Waals surface area contributed by atoms with Gasteiger partial charge in [-0.2, -0.15) is 0 Å². The first-order valence-electron chi connectivity index (χ1n) is 6.25. The quantitative estimate of drug-likeness (QED) is 0.445. The average Bonchev–Trinajstić information content (AvgIpc) is 3.22. The molecule has 1 aromatic rings. The molecule has 1 heterocycles. The van der Waals surface area contributed by atoms with Crippen LogP contribution in [0.25, 0.3) is 0 Å². The van der Waals surface area contributed by atoms with Crippen molar-refractivity contribution < 1.29 is 14.0 Å². The summed E-state index contributed by atoms with van der Waals surface area (Å²) in [6.45, 7) is 1.54. The van der Waals surface area contributed by atoms with Crippen LogP contribution >= 0.6 is 0 Å². The fraction of sp³-hybridized carbons (Fsp3) is 0.417. The first-order chi connectivity index (χ1) is 9.52. The molecule has 1 atom stereocenters. The van der Waals surface area contributed by atoms with Gasteiger partial charge in [0.1, 0.15) is 6.04 Å². The molecular weight excluding hydrogens is 265 g/mol. The van der Waals surface area contributed by atoms with Crippen LogP contribution in [0.1, 0.15) is 30.1 Å². The van der Waals surface area contributed by atoms with E-state index in [0.717, 1.165) is 12.8 Å². The molecule has 1 fully saturated rings. The number of rotatable bonds is 5. The number of carbonyl (C=O) groups is 2. The highest BCUT2D eigenvalue weighted by Gasteiger charge is 2.27. The highest BCUT2D eigenvalue weighted by Crippen LogP contribution is 2.18. The van der Waals surface area contributed by atoms with Gasteiger partial charge in [0.25, 0.3) is 5.91 Å². The molecule has 5 N–H and O–H groups in total. The average molecular weight is 281 g/mol. The van der Waals surface area contributed by atoms with Crippen LogP contribution in [0.3, 0.4) is 0 Å². The summed E-state index contributed by atoms with van der Waals surface area (Å²) in [4.78, 5) is 27.3. The van der Waals surface area contributed by atoms with Crippen LogP contribution in [0.5, 0.6) is 0 Å². The van der Waals surface area contributed by atoms with Crippen LogP contribution in [0, 0.1) is 5.82 Å². The van der Waals surface area contributed by atoms with Gasteiger partial charge in [0.2, 0.25) is 5.91 Å². The molecule has 1 aliphatic carbocycles. The molecule has 1 saturated carbocycles. The number of hydrogen-bond donors (Lipinski definition) is 4. The molecule has 1 aromatic heterocycles. The second-order valence-corrected chi connectivity index (χ2v) is 4.64. The standard InChI is InChI=1S/C12H16FN5O2/c1-6(11(19)17-7-2-3-7)16-12(20)8-4-5-15-10(18-14)9(8)13/h4-7H,2-3,14H2,1H3,(H,15,18)(H,16,20)(H,17,19). The summed E-state index contributed by atoms with van der Waals surface area (Å²) < 4.78 is 13.8. The summed E-state index contributed by atoms with van der Waals surface area (Å²) in [5.41, 5.74) is 1.83. The molecule has 8 heteroatoms. The van der Waals surface area contributed by atoms with Gasteiger partial charge in [-0.25, -0.2) is 15.2 Å². The van der Waals surface area contributed by atoms with E-state index in [9.17, 15) is 14.0 Å². The molecule has 1 unspecified atom stereocenters. The molecular formula is C12H16FN5O2. The number of nitrogens with zero attached hydrogens (tertiary/aromatic N) is 1. The molecule has 0 saturated heterocycles. The van der Waals surface area contributed by atoms with E-state index >= 15 is 0 Å². The summed E-state index contributed by atoms with van der Waals surface area (Å²) in [7, 11) is 0. The Morgan fingerprint density at radius 1 is 1.50 bits per heavy atom. The number of nitrogens with two attached hydrogens (primary N) is 1. The van der Waals surface area contributed by atoms with E-state index in [2.05, 4.69) is 21.0 Å². The van der Waals surface area contributed by atoms with Crippen LogP contribution in [-0.4, -0.2) is 28.9 Å². The third-order valence-corrected chi connectivity index (χ3v) is 2.94. The predicted molar refractivity (Wildman–Crippen MR) is 70.1 cm³/mol. The number of halogens is 1. The van der Waals surface area contributed by atoms with E-state index < -0.39 is 17.8 Å². The summed E-state index contributed by atoms with van der Waals surface area (Å²) in [6.07, 6.45) is 3.16. The molecule has 0 radical (unpaired) electrons. The van der Waals surface area contributed by atoms with E-state index in [1.807, 2.05) is 0 Å². The Morgan fingerprint density at radius 3 is 2.80 bits per heavy atom. The van der Waals surface area contributed by atoms with Gasteiger partial charge in [0, 0.05) is 12.2 Å². The zero-order valence-electron chi connectivity index (χ0n) is 10.9. The molecule has 7 nitrogen and oxygen atoms in total. The zero-order valence-corrected chi connectivity index (χ0v) is 10.9. The third kappa shape index (κ3) is 3.21. The highest BCUT2D eigenvalue weighted by atomic mass is 19.1. The van der Waals surface area contributed by atoms with E-state index in [1.165, 1.54) is 19.2 Å². The van der Waals surface area contributed by atoms with Crippen LogP contribution in [0.15, 0.2) is 12.3 Å². The fourth-order valence-corrected chi connectivity index (χ4v) is 1.61. The van der Waals surface area contributed by atoms with Crippen LogP contribution < -0.4 is 21.9 Å². The Balaban J connectivity index is 2.02. The first kappa shape index (κ1) is 14.2. The molecule has 1 aliphatic rings. The Hall–Kier alpha value is -2.22. The molecule has 2 amide bonds. The normalized spacial score (nSPS) is 15.3. The molecule has 0 aliphatic heterocycles. The number of amides is 2. The SMILES string of the molecule is CC(NC(=O)c1ccnc(NN)c1F)C(=O)NC1CC1. The molecule has 0 bridgehead atoms. The molecule has 0 spiro atoms. The molecule has 108 valence electrons. The van der Waals surface area contributed by atoms with Crippen LogP contribution in [0.4, 0.5) is 10.2 Å². The zero-order chi connectivity index (χ0) is 14.7. The van der Waals surface area contributed by atoms with Gasteiger partial charge < -0.3 is 16.1 Å². The number of carbonyl (C=O) groups excluding carboxylic acids is 2. The summed E-state index contributed by atoms with van der Waals surface area (Å²) >= 11 is 0. The number of pyridine rings is 1. The summed E-state index contributed by atoms with van der Waals surface area (Å²) in [6, 6.07) is 0.675. The maximum atomic E-state index is 13.8. The van der Waals surface area contributed by atoms with E-state index in [-0.39, 0.29) is 23.3 Å². The number of nitrogen functional groups attached to an aromatic ring is 1. The monoisotopic (exact) mass is 281 g/mol. The van der Waals surface area contributed by atoms with E-state index in [1.54, 1.807) is 0 Å². The van der Waals surface area contributed by atoms with Gasteiger partial charge in [-0.15, -0.1) is 0 Å². The van der Waals surface area contributed by atoms with Gasteiger partial charge in [0.05, 0.1) is 5.56 Å². The van der Waals surface area contributed by atoms with Crippen molar-refractivity contribution >= 4 is 17.6 Å². The Labute approximate surface area is 115 Å². The predicted octanol–water partition coefficient (Wildman–Crippen LogP) is -0.0968. The fourth-order valence-electron chi connectivity index (χ4n) is 1.61. The lowest BCUT2D eigenvalue weighted by Gasteiger charge is -2.14. The third-order valence-electron chi connectivity index (χ3n) is 2.94. The van der Waals surface area contributed by atoms with Crippen molar-refractivity contribution in [1.29, 1.82) is 0 Å². The molecule has 0 aromatic carbocycles. The maximum absolute atomic E-state index is 13.8. The minimum Gasteiger partial charge on any atom is -0.352 e. The number of aromatic nitrogens is 1. The number of anilines is 1. The van der Waals surface area contributed by atoms with Crippen molar-refractivity contribution in [3.8, 4) is 0 Å². The number of hydrazine groups is 1. The number of hydrogen-bond acceptors (Lipinski definition) is 5. The lowest BCUT2D eigenvalue weighted by atomic mass is 10.2. The first-order valence-corrected chi connectivity index (χ1v) is 6.25. The molecule has 20 heavy (non-hydrogen) atoms. The Kier molecular flexibility index (Phi) is 4.14. The van der Waals surface area contributed by atoms with Crippen molar-refractivity contribution in [2.45, 2.75) is 31.8 Å². The Morgan fingerprint density at radius 2 is 2.20 bits per heavy atom. The van der Waals surface area contributed by atoms with E-state index in [0.29, 0.717) is 0 Å². The Bertz CT molecular complexity index is 533. The summed E-state index contributed by atoms with van der Waals surface area (Å²) in [5, 5.41) is 5.19. The topological polar surface area (TPSA) is 109 Å². The van der Waals surface area contributed by atoms with Crippen molar-refractivity contribution in [2.24, 2.45) is 5.84 Å². The van der Waals surface area contributed by atoms with Gasteiger partial charge in [-0.1, -0.05) is 0 Å². The van der Waals surface area contributed by atoms with Crippen molar-refractivity contribution in [3.05, 3.63) is 23.6 Å². The highest BCUT2D eigenvalue weighted by molar-refractivity contribution is 5.98. The van der Waals surface area contributed by atoms with Gasteiger partial charge in [0.15, 0.2) is 11.6 Å². The minimum absolute atomic E-state index is 0.201. The van der Waals surface area contributed by atoms with Gasteiger partial charge >= 0.3 is 0 Å². The second-order valence-electron chi connectivity index (χ2n) is 4.64. The number of nitrogens with one attached hydrogen (secondary N) is 3. The lowest BCUT2D eigenvalue weighted by molar-refractivity contribution is -0.122. The summed E-state index contributed by atoms with van der Waals surface area (Å²) in [5.74, 6) is 3.02. The second kappa shape index (κ2) is 5.83. The van der Waals surface area contributed by atoms with Crippen LogP contribution in [-0.2, 0) is 4.79 Å². The van der Waals surface area contributed by atoms with Crippen LogP contribution in [0.2, 0.25) is 0 Å². The van der Waals surface area contributed by atoms with Crippen molar-refractivity contribution in [1.82, 2.24) is 15.6 Å². The van der Waals surface area contributed by atoms with Crippen molar-refractivity contribution in [2.75, 3.05) is 5.43 Å². The minimum atomic E-state index is -0.859.